The monoisotopic (exact) mass is 394 g/mol. The average molecular weight is 396 g/mol. The highest BCUT2D eigenvalue weighted by molar-refractivity contribution is 9.13. The highest BCUT2D eigenvalue weighted by Gasteiger charge is 2.20. The van der Waals surface area contributed by atoms with Gasteiger partial charge >= 0.3 is 0 Å². The van der Waals surface area contributed by atoms with Crippen LogP contribution in [0.25, 0.3) is 0 Å². The molecule has 104 valence electrons. The molecule has 0 heterocycles. The topological polar surface area (TPSA) is 20.2 Å². The molecule has 1 N–H and O–H groups in total. The molecule has 3 rings (SSSR count). The first kappa shape index (κ1) is 14.3. The lowest BCUT2D eigenvalue weighted by molar-refractivity contribution is 0.220. The molecule has 1 fully saturated rings. The van der Waals surface area contributed by atoms with Crippen LogP contribution in [0.2, 0.25) is 0 Å². The maximum Gasteiger partial charge on any atom is 0.104 e. The predicted octanol–water partition coefficient (Wildman–Crippen LogP) is 5.56. The van der Waals surface area contributed by atoms with Gasteiger partial charge in [0.2, 0.25) is 0 Å². The minimum absolute atomic E-state index is 0.570. The molecular formula is C17H16Br2O. The number of aliphatic hydroxyl groups is 1. The SMILES string of the molecule is OC(c1cccc(C2CCC2)c1)c1ccc(Br)c(Br)c1. The number of hydrogen-bond donors (Lipinski definition) is 1. The van der Waals surface area contributed by atoms with Gasteiger partial charge in [0.15, 0.2) is 0 Å². The third-order valence-corrected chi connectivity index (χ3v) is 5.94. The van der Waals surface area contributed by atoms with E-state index in [2.05, 4.69) is 50.1 Å². The molecule has 2 aromatic carbocycles. The van der Waals surface area contributed by atoms with Crippen LogP contribution in [0.15, 0.2) is 51.4 Å². The van der Waals surface area contributed by atoms with E-state index in [4.69, 9.17) is 0 Å². The molecular weight excluding hydrogens is 380 g/mol. The summed E-state index contributed by atoms with van der Waals surface area (Å²) in [6, 6.07) is 14.3. The fourth-order valence-corrected chi connectivity index (χ4v) is 3.24. The van der Waals surface area contributed by atoms with Crippen molar-refractivity contribution in [1.29, 1.82) is 0 Å². The second-order valence-corrected chi connectivity index (χ2v) is 7.08. The average Bonchev–Trinajstić information content (AvgIpc) is 2.39. The van der Waals surface area contributed by atoms with Crippen LogP contribution in [-0.2, 0) is 0 Å². The Labute approximate surface area is 136 Å². The molecule has 0 radical (unpaired) electrons. The van der Waals surface area contributed by atoms with Gasteiger partial charge in [0.1, 0.15) is 6.10 Å². The summed E-state index contributed by atoms with van der Waals surface area (Å²) in [6.07, 6.45) is 3.32. The van der Waals surface area contributed by atoms with Crippen LogP contribution in [-0.4, -0.2) is 5.11 Å². The first-order chi connectivity index (χ1) is 9.65. The van der Waals surface area contributed by atoms with Gasteiger partial charge in [0.05, 0.1) is 0 Å². The zero-order valence-corrected chi connectivity index (χ0v) is 14.2. The van der Waals surface area contributed by atoms with Crippen molar-refractivity contribution in [3.63, 3.8) is 0 Å². The minimum atomic E-state index is -0.570. The molecule has 1 saturated carbocycles. The standard InChI is InChI=1S/C17H16Br2O/c18-15-8-7-14(10-16(15)19)17(20)13-6-2-5-12(9-13)11-3-1-4-11/h2,5-11,17,20H,1,3-4H2. The molecule has 2 aromatic rings. The summed E-state index contributed by atoms with van der Waals surface area (Å²) in [6.45, 7) is 0. The Morgan fingerprint density at radius 1 is 0.950 bits per heavy atom. The molecule has 0 bridgehead atoms. The van der Waals surface area contributed by atoms with Crippen LogP contribution < -0.4 is 0 Å². The maximum absolute atomic E-state index is 10.6. The van der Waals surface area contributed by atoms with Crippen molar-refractivity contribution in [2.24, 2.45) is 0 Å². The van der Waals surface area contributed by atoms with Crippen LogP contribution in [0, 0.1) is 0 Å². The van der Waals surface area contributed by atoms with E-state index in [1.54, 1.807) is 0 Å². The summed E-state index contributed by atoms with van der Waals surface area (Å²) in [5.41, 5.74) is 3.25. The van der Waals surface area contributed by atoms with E-state index in [-0.39, 0.29) is 0 Å². The van der Waals surface area contributed by atoms with E-state index in [0.717, 1.165) is 20.1 Å². The van der Waals surface area contributed by atoms with Crippen LogP contribution in [0.1, 0.15) is 48.0 Å². The van der Waals surface area contributed by atoms with E-state index < -0.39 is 6.10 Å². The summed E-state index contributed by atoms with van der Waals surface area (Å²) in [5.74, 6) is 0.693. The Kier molecular flexibility index (Phi) is 4.29. The Morgan fingerprint density at radius 2 is 1.70 bits per heavy atom. The van der Waals surface area contributed by atoms with Crippen LogP contribution in [0.5, 0.6) is 0 Å². The lowest BCUT2D eigenvalue weighted by Crippen LogP contribution is -2.09. The number of halogens is 2. The third kappa shape index (κ3) is 2.85. The van der Waals surface area contributed by atoms with E-state index in [9.17, 15) is 5.11 Å². The number of aliphatic hydroxyl groups excluding tert-OH is 1. The lowest BCUT2D eigenvalue weighted by Gasteiger charge is -2.26. The minimum Gasteiger partial charge on any atom is -0.384 e. The normalized spacial score (nSPS) is 16.8. The molecule has 1 unspecified atom stereocenters. The molecule has 0 spiro atoms. The molecule has 0 aliphatic heterocycles. The first-order valence-corrected chi connectivity index (χ1v) is 8.46. The Morgan fingerprint density at radius 3 is 2.35 bits per heavy atom. The van der Waals surface area contributed by atoms with Gasteiger partial charge in [-0.1, -0.05) is 36.8 Å². The quantitative estimate of drug-likeness (QED) is 0.721. The third-order valence-electron chi connectivity index (χ3n) is 4.06. The largest absolute Gasteiger partial charge is 0.384 e. The smallest absolute Gasteiger partial charge is 0.104 e. The molecule has 1 aliphatic rings. The van der Waals surface area contributed by atoms with E-state index in [0.29, 0.717) is 5.92 Å². The van der Waals surface area contributed by atoms with Gasteiger partial charge in [-0.05, 0) is 79.4 Å². The van der Waals surface area contributed by atoms with Crippen molar-refractivity contribution in [3.05, 3.63) is 68.1 Å². The predicted molar refractivity (Wildman–Crippen MR) is 88.9 cm³/mol. The highest BCUT2D eigenvalue weighted by atomic mass is 79.9. The van der Waals surface area contributed by atoms with Gasteiger partial charge < -0.3 is 5.11 Å². The summed E-state index contributed by atoms with van der Waals surface area (Å²) in [7, 11) is 0. The Balaban J connectivity index is 1.89. The van der Waals surface area contributed by atoms with Crippen molar-refractivity contribution in [1.82, 2.24) is 0 Å². The van der Waals surface area contributed by atoms with Gasteiger partial charge in [-0.15, -0.1) is 0 Å². The molecule has 0 saturated heterocycles. The van der Waals surface area contributed by atoms with Gasteiger partial charge in [-0.3, -0.25) is 0 Å². The molecule has 20 heavy (non-hydrogen) atoms. The van der Waals surface area contributed by atoms with Gasteiger partial charge in [0, 0.05) is 8.95 Å². The van der Waals surface area contributed by atoms with Gasteiger partial charge in [0.25, 0.3) is 0 Å². The molecule has 1 nitrogen and oxygen atoms in total. The van der Waals surface area contributed by atoms with E-state index in [1.165, 1.54) is 24.8 Å². The number of benzene rings is 2. The van der Waals surface area contributed by atoms with Crippen molar-refractivity contribution in [2.45, 2.75) is 31.3 Å². The fourth-order valence-electron chi connectivity index (χ4n) is 2.60. The lowest BCUT2D eigenvalue weighted by atomic mass is 9.79. The van der Waals surface area contributed by atoms with Gasteiger partial charge in [-0.2, -0.15) is 0 Å². The van der Waals surface area contributed by atoms with Crippen LogP contribution in [0.3, 0.4) is 0 Å². The molecule has 1 atom stereocenters. The molecule has 0 amide bonds. The van der Waals surface area contributed by atoms with Crippen molar-refractivity contribution < 1.29 is 5.11 Å². The van der Waals surface area contributed by atoms with Crippen molar-refractivity contribution in [2.75, 3.05) is 0 Å². The second-order valence-electron chi connectivity index (χ2n) is 5.37. The zero-order chi connectivity index (χ0) is 14.1. The Bertz CT molecular complexity index is 620. The summed E-state index contributed by atoms with van der Waals surface area (Å²) >= 11 is 6.94. The zero-order valence-electron chi connectivity index (χ0n) is 11.0. The summed E-state index contributed by atoms with van der Waals surface area (Å²) < 4.78 is 1.96. The maximum atomic E-state index is 10.6. The fraction of sp³-hybridized carbons (Fsp3) is 0.294. The van der Waals surface area contributed by atoms with Crippen molar-refractivity contribution in [3.8, 4) is 0 Å². The van der Waals surface area contributed by atoms with E-state index in [1.807, 2.05) is 24.3 Å². The number of hydrogen-bond acceptors (Lipinski definition) is 1. The van der Waals surface area contributed by atoms with Crippen LogP contribution >= 0.6 is 31.9 Å². The van der Waals surface area contributed by atoms with E-state index >= 15 is 0 Å². The summed E-state index contributed by atoms with van der Waals surface area (Å²) in [4.78, 5) is 0. The summed E-state index contributed by atoms with van der Waals surface area (Å²) in [5, 5.41) is 10.6. The number of rotatable bonds is 3. The highest BCUT2D eigenvalue weighted by Crippen LogP contribution is 2.37. The van der Waals surface area contributed by atoms with Crippen LogP contribution in [0.4, 0.5) is 0 Å². The Hall–Kier alpha value is -0.640. The molecule has 1 aliphatic carbocycles. The van der Waals surface area contributed by atoms with Gasteiger partial charge in [-0.25, -0.2) is 0 Å². The first-order valence-electron chi connectivity index (χ1n) is 6.88. The molecule has 0 aromatic heterocycles. The molecule has 3 heteroatoms. The second kappa shape index (κ2) is 6.00. The van der Waals surface area contributed by atoms with Crippen molar-refractivity contribution >= 4 is 31.9 Å².